The molecule has 3 aromatic rings. The van der Waals surface area contributed by atoms with E-state index in [1.165, 1.54) is 6.92 Å². The zero-order chi connectivity index (χ0) is 19.4. The van der Waals surface area contributed by atoms with Gasteiger partial charge in [-0.1, -0.05) is 0 Å². The Labute approximate surface area is 157 Å². The summed E-state index contributed by atoms with van der Waals surface area (Å²) in [7, 11) is 1.58. The van der Waals surface area contributed by atoms with Crippen molar-refractivity contribution in [3.63, 3.8) is 0 Å². The van der Waals surface area contributed by atoms with Gasteiger partial charge in [0, 0.05) is 24.2 Å². The standard InChI is InChI=1S/C21H22N2O4/c1-4-27-18-9-6-17(7-10-18)23(14(2)24)13-16-11-15-5-8-19(26-3)12-20(15)22-21(16)25/h5-12H,4,13H2,1-3H3,(H,22,25). The molecule has 27 heavy (non-hydrogen) atoms. The van der Waals surface area contributed by atoms with E-state index >= 15 is 0 Å². The molecule has 0 aliphatic heterocycles. The van der Waals surface area contributed by atoms with Gasteiger partial charge in [0.1, 0.15) is 11.5 Å². The molecule has 6 heteroatoms. The molecule has 0 saturated carbocycles. The van der Waals surface area contributed by atoms with Gasteiger partial charge in [0.15, 0.2) is 0 Å². The molecule has 1 heterocycles. The van der Waals surface area contributed by atoms with Crippen molar-refractivity contribution in [2.45, 2.75) is 20.4 Å². The molecule has 0 saturated heterocycles. The summed E-state index contributed by atoms with van der Waals surface area (Å²) in [5, 5.41) is 0.876. The number of anilines is 1. The number of methoxy groups -OCH3 is 1. The molecule has 1 aromatic heterocycles. The van der Waals surface area contributed by atoms with Crippen LogP contribution in [-0.4, -0.2) is 24.6 Å². The van der Waals surface area contributed by atoms with Gasteiger partial charge in [0.05, 0.1) is 25.8 Å². The fourth-order valence-corrected chi connectivity index (χ4v) is 2.91. The summed E-state index contributed by atoms with van der Waals surface area (Å²) in [6.07, 6.45) is 0. The van der Waals surface area contributed by atoms with Crippen LogP contribution in [0.25, 0.3) is 10.9 Å². The molecule has 1 N–H and O–H groups in total. The van der Waals surface area contributed by atoms with Gasteiger partial charge in [-0.15, -0.1) is 0 Å². The number of nitrogens with zero attached hydrogens (tertiary/aromatic N) is 1. The molecule has 3 rings (SSSR count). The molecule has 2 aromatic carbocycles. The van der Waals surface area contributed by atoms with Crippen LogP contribution in [0.1, 0.15) is 19.4 Å². The number of carbonyl (C=O) groups is 1. The Morgan fingerprint density at radius 2 is 1.78 bits per heavy atom. The number of pyridine rings is 1. The van der Waals surface area contributed by atoms with E-state index in [4.69, 9.17) is 9.47 Å². The minimum atomic E-state index is -0.229. The summed E-state index contributed by atoms with van der Waals surface area (Å²) in [6, 6.07) is 14.5. The van der Waals surface area contributed by atoms with Crippen molar-refractivity contribution in [1.82, 2.24) is 4.98 Å². The number of ether oxygens (including phenoxy) is 2. The highest BCUT2D eigenvalue weighted by Crippen LogP contribution is 2.23. The maximum Gasteiger partial charge on any atom is 0.253 e. The Morgan fingerprint density at radius 1 is 1.07 bits per heavy atom. The van der Waals surface area contributed by atoms with E-state index in [1.807, 2.05) is 43.3 Å². The lowest BCUT2D eigenvalue weighted by molar-refractivity contribution is -0.116. The molecular weight excluding hydrogens is 344 g/mol. The first-order chi connectivity index (χ1) is 13.0. The highest BCUT2D eigenvalue weighted by atomic mass is 16.5. The van der Waals surface area contributed by atoms with E-state index in [-0.39, 0.29) is 18.0 Å². The second kappa shape index (κ2) is 7.95. The Hall–Kier alpha value is -3.28. The number of hydrogen-bond acceptors (Lipinski definition) is 4. The van der Waals surface area contributed by atoms with E-state index in [1.54, 1.807) is 24.1 Å². The van der Waals surface area contributed by atoms with Crippen LogP contribution in [0, 0.1) is 0 Å². The number of carbonyl (C=O) groups excluding carboxylic acids is 1. The average molecular weight is 366 g/mol. The summed E-state index contributed by atoms with van der Waals surface area (Å²) in [5.41, 5.74) is 1.68. The number of nitrogens with one attached hydrogen (secondary N) is 1. The monoisotopic (exact) mass is 366 g/mol. The number of fused-ring (bicyclic) bond motifs is 1. The maximum absolute atomic E-state index is 12.5. The normalized spacial score (nSPS) is 10.6. The smallest absolute Gasteiger partial charge is 0.253 e. The Kier molecular flexibility index (Phi) is 5.45. The third-order valence-electron chi connectivity index (χ3n) is 4.30. The van der Waals surface area contributed by atoms with Crippen molar-refractivity contribution >= 4 is 22.5 Å². The summed E-state index contributed by atoms with van der Waals surface area (Å²) >= 11 is 0. The molecule has 140 valence electrons. The Bertz CT molecular complexity index is 1010. The van der Waals surface area contributed by atoms with Crippen LogP contribution in [0.3, 0.4) is 0 Å². The summed E-state index contributed by atoms with van der Waals surface area (Å²) in [4.78, 5) is 29.1. The minimum Gasteiger partial charge on any atom is -0.497 e. The third-order valence-corrected chi connectivity index (χ3v) is 4.30. The van der Waals surface area contributed by atoms with Crippen LogP contribution >= 0.6 is 0 Å². The first-order valence-electron chi connectivity index (χ1n) is 8.72. The predicted molar refractivity (Wildman–Crippen MR) is 106 cm³/mol. The number of benzene rings is 2. The first kappa shape index (κ1) is 18.5. The maximum atomic E-state index is 12.5. The lowest BCUT2D eigenvalue weighted by Crippen LogP contribution is -2.30. The highest BCUT2D eigenvalue weighted by Gasteiger charge is 2.15. The molecule has 0 radical (unpaired) electrons. The van der Waals surface area contributed by atoms with E-state index in [2.05, 4.69) is 4.98 Å². The van der Waals surface area contributed by atoms with Gasteiger partial charge in [0.2, 0.25) is 5.91 Å². The lowest BCUT2D eigenvalue weighted by Gasteiger charge is -2.21. The van der Waals surface area contributed by atoms with Gasteiger partial charge in [-0.25, -0.2) is 0 Å². The zero-order valence-electron chi connectivity index (χ0n) is 15.6. The van der Waals surface area contributed by atoms with Crippen molar-refractivity contribution in [2.75, 3.05) is 18.6 Å². The molecule has 0 unspecified atom stereocenters. The van der Waals surface area contributed by atoms with Crippen LogP contribution in [0.15, 0.2) is 53.3 Å². The zero-order valence-corrected chi connectivity index (χ0v) is 15.6. The third kappa shape index (κ3) is 4.11. The van der Waals surface area contributed by atoms with Crippen LogP contribution in [0.5, 0.6) is 11.5 Å². The van der Waals surface area contributed by atoms with E-state index in [9.17, 15) is 9.59 Å². The molecule has 0 spiro atoms. The van der Waals surface area contributed by atoms with Gasteiger partial charge in [0.25, 0.3) is 5.56 Å². The highest BCUT2D eigenvalue weighted by molar-refractivity contribution is 5.91. The quantitative estimate of drug-likeness (QED) is 0.725. The first-order valence-corrected chi connectivity index (χ1v) is 8.72. The molecule has 0 bridgehead atoms. The minimum absolute atomic E-state index is 0.145. The van der Waals surface area contributed by atoms with Crippen molar-refractivity contribution in [3.05, 3.63) is 64.4 Å². The van der Waals surface area contributed by atoms with Gasteiger partial charge < -0.3 is 19.4 Å². The van der Waals surface area contributed by atoms with E-state index in [0.717, 1.165) is 11.1 Å². The van der Waals surface area contributed by atoms with Crippen LogP contribution in [0.2, 0.25) is 0 Å². The van der Waals surface area contributed by atoms with Crippen molar-refractivity contribution in [2.24, 2.45) is 0 Å². The number of hydrogen-bond donors (Lipinski definition) is 1. The van der Waals surface area contributed by atoms with Crippen molar-refractivity contribution < 1.29 is 14.3 Å². The van der Waals surface area contributed by atoms with Crippen LogP contribution < -0.4 is 19.9 Å². The van der Waals surface area contributed by atoms with Crippen LogP contribution in [-0.2, 0) is 11.3 Å². The van der Waals surface area contributed by atoms with Crippen molar-refractivity contribution in [1.29, 1.82) is 0 Å². The summed E-state index contributed by atoms with van der Waals surface area (Å²) in [6.45, 7) is 4.15. The molecule has 0 aliphatic carbocycles. The SMILES string of the molecule is CCOc1ccc(N(Cc2cc3ccc(OC)cc3[nH]c2=O)C(C)=O)cc1. The Balaban J connectivity index is 1.93. The lowest BCUT2D eigenvalue weighted by atomic mass is 10.1. The average Bonchev–Trinajstić information content (AvgIpc) is 2.66. The van der Waals surface area contributed by atoms with E-state index in [0.29, 0.717) is 29.1 Å². The molecular formula is C21H22N2O4. The molecule has 1 amide bonds. The van der Waals surface area contributed by atoms with Gasteiger partial charge >= 0.3 is 0 Å². The molecule has 0 atom stereocenters. The predicted octanol–water partition coefficient (Wildman–Crippen LogP) is 3.49. The van der Waals surface area contributed by atoms with Gasteiger partial charge in [-0.3, -0.25) is 9.59 Å². The van der Waals surface area contributed by atoms with Crippen molar-refractivity contribution in [3.8, 4) is 11.5 Å². The fourth-order valence-electron chi connectivity index (χ4n) is 2.91. The number of aromatic amines is 1. The van der Waals surface area contributed by atoms with E-state index < -0.39 is 0 Å². The molecule has 0 fully saturated rings. The molecule has 0 aliphatic rings. The summed E-state index contributed by atoms with van der Waals surface area (Å²) in [5.74, 6) is 1.27. The largest absolute Gasteiger partial charge is 0.497 e. The summed E-state index contributed by atoms with van der Waals surface area (Å²) < 4.78 is 10.6. The van der Waals surface area contributed by atoms with Gasteiger partial charge in [-0.05, 0) is 54.8 Å². The Morgan fingerprint density at radius 3 is 2.41 bits per heavy atom. The second-order valence-electron chi connectivity index (χ2n) is 6.11. The second-order valence-corrected chi connectivity index (χ2v) is 6.11. The number of amides is 1. The number of rotatable bonds is 6. The number of H-pyrrole nitrogens is 1. The van der Waals surface area contributed by atoms with Gasteiger partial charge in [-0.2, -0.15) is 0 Å². The molecule has 6 nitrogen and oxygen atoms in total. The number of aromatic nitrogens is 1. The van der Waals surface area contributed by atoms with Crippen LogP contribution in [0.4, 0.5) is 5.69 Å². The topological polar surface area (TPSA) is 71.6 Å². The fraction of sp³-hybridized carbons (Fsp3) is 0.238.